The highest BCUT2D eigenvalue weighted by molar-refractivity contribution is 5.91. The number of carbonyl (C=O) groups excluding carboxylic acids is 2. The lowest BCUT2D eigenvalue weighted by Crippen LogP contribution is -2.50. The van der Waals surface area contributed by atoms with Crippen molar-refractivity contribution in [1.82, 2.24) is 20.0 Å². The highest BCUT2D eigenvalue weighted by Crippen LogP contribution is 2.15. The van der Waals surface area contributed by atoms with Gasteiger partial charge in [0.15, 0.2) is 5.76 Å². The molecule has 2 amide bonds. The zero-order valence-electron chi connectivity index (χ0n) is 14.3. The van der Waals surface area contributed by atoms with Gasteiger partial charge in [0.05, 0.1) is 11.8 Å². The van der Waals surface area contributed by atoms with Crippen LogP contribution in [0.25, 0.3) is 10.9 Å². The number of nitrogens with zero attached hydrogens (tertiary/aromatic N) is 3. The molecule has 1 atom stereocenters. The zero-order valence-corrected chi connectivity index (χ0v) is 14.3. The van der Waals surface area contributed by atoms with Gasteiger partial charge in [0.1, 0.15) is 6.54 Å². The van der Waals surface area contributed by atoms with E-state index in [1.54, 1.807) is 21.7 Å². The Labute approximate surface area is 150 Å². The molecule has 0 saturated carbocycles. The van der Waals surface area contributed by atoms with Crippen LogP contribution in [0.4, 0.5) is 0 Å². The number of carbonyl (C=O) groups is 2. The molecule has 0 bridgehead atoms. The number of piperidine rings is 1. The van der Waals surface area contributed by atoms with Crippen LogP contribution in [0.5, 0.6) is 0 Å². The van der Waals surface area contributed by atoms with E-state index in [1.807, 2.05) is 30.5 Å². The molecule has 3 aromatic rings. The fourth-order valence-corrected chi connectivity index (χ4v) is 3.35. The van der Waals surface area contributed by atoms with Gasteiger partial charge in [-0.25, -0.2) is 0 Å². The van der Waals surface area contributed by atoms with Crippen molar-refractivity contribution in [3.8, 4) is 0 Å². The van der Waals surface area contributed by atoms with Crippen LogP contribution in [-0.2, 0) is 11.3 Å². The first-order valence-electron chi connectivity index (χ1n) is 8.73. The minimum Gasteiger partial charge on any atom is -0.459 e. The number of nitrogens with one attached hydrogen (secondary N) is 1. The van der Waals surface area contributed by atoms with Crippen LogP contribution < -0.4 is 5.32 Å². The Morgan fingerprint density at radius 1 is 1.23 bits per heavy atom. The average molecular weight is 352 g/mol. The molecular weight excluding hydrogens is 332 g/mol. The summed E-state index contributed by atoms with van der Waals surface area (Å²) in [6.07, 6.45) is 5.06. The molecule has 0 radical (unpaired) electrons. The highest BCUT2D eigenvalue weighted by atomic mass is 16.3. The lowest BCUT2D eigenvalue weighted by molar-refractivity contribution is -0.122. The summed E-state index contributed by atoms with van der Waals surface area (Å²) in [6.45, 7) is 1.33. The van der Waals surface area contributed by atoms with Crippen LogP contribution in [0, 0.1) is 0 Å². The van der Waals surface area contributed by atoms with Gasteiger partial charge in [0, 0.05) is 30.7 Å². The Hall–Kier alpha value is -3.09. The number of likely N-dealkylation sites (tertiary alicyclic amines) is 1. The second kappa shape index (κ2) is 7.03. The SMILES string of the molecule is O=C(Cn1cc2ccccc2n1)NC1CCCN(C(=O)c2ccco2)C1. The molecule has 4 rings (SSSR count). The first kappa shape index (κ1) is 16.4. The summed E-state index contributed by atoms with van der Waals surface area (Å²) < 4.78 is 6.83. The Morgan fingerprint density at radius 3 is 2.92 bits per heavy atom. The predicted molar refractivity (Wildman–Crippen MR) is 95.5 cm³/mol. The van der Waals surface area contributed by atoms with Crippen molar-refractivity contribution in [2.24, 2.45) is 0 Å². The third-order valence-corrected chi connectivity index (χ3v) is 4.57. The molecule has 0 spiro atoms. The normalized spacial score (nSPS) is 17.4. The van der Waals surface area contributed by atoms with E-state index in [1.165, 1.54) is 6.26 Å². The van der Waals surface area contributed by atoms with Crippen LogP contribution in [-0.4, -0.2) is 45.6 Å². The lowest BCUT2D eigenvalue weighted by atomic mass is 10.1. The number of hydrogen-bond donors (Lipinski definition) is 1. The molecule has 134 valence electrons. The molecule has 1 saturated heterocycles. The molecule has 1 unspecified atom stereocenters. The Morgan fingerprint density at radius 2 is 2.12 bits per heavy atom. The number of fused-ring (bicyclic) bond motifs is 1. The van der Waals surface area contributed by atoms with Crippen LogP contribution in [0.3, 0.4) is 0 Å². The van der Waals surface area contributed by atoms with Gasteiger partial charge in [-0.3, -0.25) is 14.3 Å². The third-order valence-electron chi connectivity index (χ3n) is 4.57. The Kier molecular flexibility index (Phi) is 4.43. The average Bonchev–Trinajstić information content (AvgIpc) is 3.30. The molecule has 1 aromatic carbocycles. The van der Waals surface area contributed by atoms with Crippen molar-refractivity contribution in [1.29, 1.82) is 0 Å². The molecule has 1 N–H and O–H groups in total. The van der Waals surface area contributed by atoms with Crippen molar-refractivity contribution in [3.05, 3.63) is 54.6 Å². The first-order chi connectivity index (χ1) is 12.7. The Bertz CT molecular complexity index is 883. The smallest absolute Gasteiger partial charge is 0.289 e. The summed E-state index contributed by atoms with van der Waals surface area (Å²) in [4.78, 5) is 26.5. The molecule has 3 heterocycles. The van der Waals surface area contributed by atoms with Gasteiger partial charge in [-0.2, -0.15) is 5.10 Å². The van der Waals surface area contributed by atoms with Crippen molar-refractivity contribution in [2.75, 3.05) is 13.1 Å². The zero-order chi connectivity index (χ0) is 17.9. The van der Waals surface area contributed by atoms with E-state index in [0.29, 0.717) is 18.8 Å². The first-order valence-corrected chi connectivity index (χ1v) is 8.73. The van der Waals surface area contributed by atoms with Gasteiger partial charge >= 0.3 is 0 Å². The molecule has 7 nitrogen and oxygen atoms in total. The van der Waals surface area contributed by atoms with Crippen LogP contribution in [0.1, 0.15) is 23.4 Å². The summed E-state index contributed by atoms with van der Waals surface area (Å²) in [6, 6.07) is 11.1. The van der Waals surface area contributed by atoms with Gasteiger partial charge in [0.2, 0.25) is 5.91 Å². The summed E-state index contributed by atoms with van der Waals surface area (Å²) in [5, 5.41) is 8.43. The van der Waals surface area contributed by atoms with Crippen molar-refractivity contribution in [3.63, 3.8) is 0 Å². The maximum Gasteiger partial charge on any atom is 0.289 e. The van der Waals surface area contributed by atoms with E-state index >= 15 is 0 Å². The summed E-state index contributed by atoms with van der Waals surface area (Å²) in [5.74, 6) is 0.0996. The number of benzene rings is 1. The summed E-state index contributed by atoms with van der Waals surface area (Å²) in [7, 11) is 0. The lowest BCUT2D eigenvalue weighted by Gasteiger charge is -2.32. The number of aromatic nitrogens is 2. The van der Waals surface area contributed by atoms with Gasteiger partial charge in [0.25, 0.3) is 5.91 Å². The molecule has 1 aliphatic rings. The van der Waals surface area contributed by atoms with Crippen LogP contribution in [0.15, 0.2) is 53.3 Å². The summed E-state index contributed by atoms with van der Waals surface area (Å²) >= 11 is 0. The number of rotatable bonds is 4. The molecule has 1 aliphatic heterocycles. The molecule has 26 heavy (non-hydrogen) atoms. The van der Waals surface area contributed by atoms with Crippen molar-refractivity contribution < 1.29 is 14.0 Å². The Balaban J connectivity index is 1.35. The second-order valence-corrected chi connectivity index (χ2v) is 6.52. The van der Waals surface area contributed by atoms with Crippen molar-refractivity contribution >= 4 is 22.7 Å². The monoisotopic (exact) mass is 352 g/mol. The number of furan rings is 1. The molecular formula is C19H20N4O3. The van der Waals surface area contributed by atoms with Crippen LogP contribution in [0.2, 0.25) is 0 Å². The minimum absolute atomic E-state index is 0.0554. The molecule has 2 aromatic heterocycles. The fourth-order valence-electron chi connectivity index (χ4n) is 3.35. The van der Waals surface area contributed by atoms with E-state index in [2.05, 4.69) is 10.4 Å². The van der Waals surface area contributed by atoms with Gasteiger partial charge < -0.3 is 14.6 Å². The fraction of sp³-hybridized carbons (Fsp3) is 0.316. The topological polar surface area (TPSA) is 80.4 Å². The molecule has 1 fully saturated rings. The van der Waals surface area contributed by atoms with E-state index in [0.717, 1.165) is 23.7 Å². The summed E-state index contributed by atoms with van der Waals surface area (Å²) in [5.41, 5.74) is 0.869. The highest BCUT2D eigenvalue weighted by Gasteiger charge is 2.26. The largest absolute Gasteiger partial charge is 0.459 e. The standard InChI is InChI=1S/C19H20N4O3/c24-18(13-23-11-14-5-1-2-7-16(14)21-23)20-15-6-3-9-22(12-15)19(25)17-8-4-10-26-17/h1-2,4-5,7-8,10-11,15H,3,6,9,12-13H2,(H,20,24). The van der Waals surface area contributed by atoms with Gasteiger partial charge in [-0.1, -0.05) is 18.2 Å². The second-order valence-electron chi connectivity index (χ2n) is 6.52. The van der Waals surface area contributed by atoms with Gasteiger partial charge in [-0.15, -0.1) is 0 Å². The quantitative estimate of drug-likeness (QED) is 0.779. The maximum atomic E-state index is 12.4. The van der Waals surface area contributed by atoms with Crippen LogP contribution >= 0.6 is 0 Å². The number of amides is 2. The van der Waals surface area contributed by atoms with E-state index in [4.69, 9.17) is 4.42 Å². The third kappa shape index (κ3) is 3.46. The minimum atomic E-state index is -0.132. The molecule has 0 aliphatic carbocycles. The number of hydrogen-bond acceptors (Lipinski definition) is 4. The van der Waals surface area contributed by atoms with Crippen molar-refractivity contribution in [2.45, 2.75) is 25.4 Å². The molecule has 7 heteroatoms. The van der Waals surface area contributed by atoms with Gasteiger partial charge in [-0.05, 0) is 31.0 Å². The van der Waals surface area contributed by atoms with E-state index in [9.17, 15) is 9.59 Å². The predicted octanol–water partition coefficient (Wildman–Crippen LogP) is 2.05. The van der Waals surface area contributed by atoms with E-state index < -0.39 is 0 Å². The van der Waals surface area contributed by atoms with E-state index in [-0.39, 0.29) is 24.4 Å². The maximum absolute atomic E-state index is 12.4.